The fourth-order valence-corrected chi connectivity index (χ4v) is 2.20. The second kappa shape index (κ2) is 5.06. The fourth-order valence-electron chi connectivity index (χ4n) is 2.20. The maximum absolute atomic E-state index is 12.2. The van der Waals surface area contributed by atoms with Crippen molar-refractivity contribution in [1.82, 2.24) is 9.88 Å². The summed E-state index contributed by atoms with van der Waals surface area (Å²) in [4.78, 5) is 18.0. The maximum Gasteiger partial charge on any atom is 0.227 e. The molecular weight excluding hydrogens is 226 g/mol. The van der Waals surface area contributed by atoms with Gasteiger partial charge in [-0.2, -0.15) is 0 Å². The van der Waals surface area contributed by atoms with Crippen LogP contribution in [0.1, 0.15) is 25.8 Å². The Morgan fingerprint density at radius 3 is 2.78 bits per heavy atom. The first kappa shape index (κ1) is 13.0. The molecule has 0 spiro atoms. The van der Waals surface area contributed by atoms with E-state index in [0.29, 0.717) is 13.0 Å². The Morgan fingerprint density at radius 1 is 1.50 bits per heavy atom. The highest BCUT2D eigenvalue weighted by atomic mass is 16.2. The molecule has 98 valence electrons. The molecular formula is C14H21N3O. The molecule has 4 heteroatoms. The number of nitrogens with two attached hydrogens (primary N) is 1. The summed E-state index contributed by atoms with van der Waals surface area (Å²) in [6.45, 7) is 5.81. The van der Waals surface area contributed by atoms with Gasteiger partial charge in [0.1, 0.15) is 0 Å². The second-order valence-corrected chi connectivity index (χ2v) is 5.72. The normalized spacial score (nSPS) is 22.8. The van der Waals surface area contributed by atoms with Crippen LogP contribution < -0.4 is 5.73 Å². The first-order valence-corrected chi connectivity index (χ1v) is 6.41. The second-order valence-electron chi connectivity index (χ2n) is 5.72. The largest absolute Gasteiger partial charge is 0.341 e. The molecule has 0 saturated carbocycles. The molecule has 4 nitrogen and oxygen atoms in total. The Balaban J connectivity index is 1.95. The van der Waals surface area contributed by atoms with Crippen LogP contribution in [0.5, 0.6) is 0 Å². The van der Waals surface area contributed by atoms with Gasteiger partial charge in [-0.3, -0.25) is 9.78 Å². The summed E-state index contributed by atoms with van der Waals surface area (Å²) in [7, 11) is 0. The molecule has 1 fully saturated rings. The predicted octanol–water partition coefficient (Wildman–Crippen LogP) is 1.21. The number of pyridine rings is 1. The van der Waals surface area contributed by atoms with Crippen LogP contribution in [-0.4, -0.2) is 34.9 Å². The highest BCUT2D eigenvalue weighted by molar-refractivity contribution is 5.78. The molecule has 1 aliphatic rings. The molecule has 2 rings (SSSR count). The Hall–Kier alpha value is -1.42. The Labute approximate surface area is 108 Å². The third-order valence-corrected chi connectivity index (χ3v) is 3.90. The van der Waals surface area contributed by atoms with Crippen molar-refractivity contribution in [2.45, 2.75) is 32.7 Å². The summed E-state index contributed by atoms with van der Waals surface area (Å²) < 4.78 is 0. The van der Waals surface area contributed by atoms with Crippen LogP contribution in [0.2, 0.25) is 0 Å². The summed E-state index contributed by atoms with van der Waals surface area (Å²) in [5.74, 6) is 0.159. The van der Waals surface area contributed by atoms with Gasteiger partial charge in [-0.1, -0.05) is 13.8 Å². The van der Waals surface area contributed by atoms with Crippen molar-refractivity contribution in [2.75, 3.05) is 13.1 Å². The average molecular weight is 247 g/mol. The first-order valence-electron chi connectivity index (χ1n) is 6.41. The van der Waals surface area contributed by atoms with Gasteiger partial charge in [0.05, 0.1) is 6.42 Å². The maximum atomic E-state index is 12.2. The molecule has 1 unspecified atom stereocenters. The van der Waals surface area contributed by atoms with Crippen molar-refractivity contribution in [3.8, 4) is 0 Å². The Bertz CT molecular complexity index is 416. The number of carbonyl (C=O) groups excluding carboxylic acids is 1. The van der Waals surface area contributed by atoms with E-state index in [9.17, 15) is 4.79 Å². The molecule has 1 aromatic heterocycles. The topological polar surface area (TPSA) is 59.2 Å². The van der Waals surface area contributed by atoms with Crippen molar-refractivity contribution < 1.29 is 4.79 Å². The van der Waals surface area contributed by atoms with E-state index in [1.807, 2.05) is 17.0 Å². The number of likely N-dealkylation sites (tertiary alicyclic amines) is 1. The van der Waals surface area contributed by atoms with Gasteiger partial charge < -0.3 is 10.6 Å². The lowest BCUT2D eigenvalue weighted by Crippen LogP contribution is -2.54. The summed E-state index contributed by atoms with van der Waals surface area (Å²) in [5, 5.41) is 0. The Morgan fingerprint density at radius 2 is 2.17 bits per heavy atom. The van der Waals surface area contributed by atoms with Crippen molar-refractivity contribution in [2.24, 2.45) is 11.1 Å². The fraction of sp³-hybridized carbons (Fsp3) is 0.571. The van der Waals surface area contributed by atoms with E-state index in [4.69, 9.17) is 5.73 Å². The summed E-state index contributed by atoms with van der Waals surface area (Å²) in [6, 6.07) is 3.82. The molecule has 0 radical (unpaired) electrons. The Kier molecular flexibility index (Phi) is 3.66. The number of amides is 1. The van der Waals surface area contributed by atoms with E-state index in [2.05, 4.69) is 18.8 Å². The number of rotatable bonds is 2. The molecule has 1 aliphatic heterocycles. The molecule has 1 amide bonds. The van der Waals surface area contributed by atoms with Gasteiger partial charge >= 0.3 is 0 Å². The molecule has 18 heavy (non-hydrogen) atoms. The highest BCUT2D eigenvalue weighted by Crippen LogP contribution is 2.29. The van der Waals surface area contributed by atoms with Gasteiger partial charge in [0.25, 0.3) is 0 Å². The van der Waals surface area contributed by atoms with Crippen molar-refractivity contribution in [3.05, 3.63) is 30.1 Å². The minimum atomic E-state index is 0.0626. The summed E-state index contributed by atoms with van der Waals surface area (Å²) in [6.07, 6.45) is 4.84. The van der Waals surface area contributed by atoms with Gasteiger partial charge in [-0.05, 0) is 29.5 Å². The van der Waals surface area contributed by atoms with Crippen LogP contribution in [0, 0.1) is 5.41 Å². The van der Waals surface area contributed by atoms with E-state index in [1.165, 1.54) is 0 Å². The number of piperidine rings is 1. The van der Waals surface area contributed by atoms with E-state index in [1.54, 1.807) is 12.4 Å². The average Bonchev–Trinajstić information content (AvgIpc) is 2.34. The standard InChI is InChI=1S/C14H21N3O/c1-14(2)5-8-17(10-12(14)15)13(18)9-11-3-6-16-7-4-11/h3-4,6-7,12H,5,8-10,15H2,1-2H3. The zero-order valence-corrected chi connectivity index (χ0v) is 11.1. The van der Waals surface area contributed by atoms with Gasteiger partial charge in [-0.25, -0.2) is 0 Å². The van der Waals surface area contributed by atoms with Crippen LogP contribution in [0.25, 0.3) is 0 Å². The quantitative estimate of drug-likeness (QED) is 0.854. The van der Waals surface area contributed by atoms with Crippen LogP contribution >= 0.6 is 0 Å². The minimum Gasteiger partial charge on any atom is -0.341 e. The molecule has 1 saturated heterocycles. The van der Waals surface area contributed by atoms with Gasteiger partial charge in [0.2, 0.25) is 5.91 Å². The number of hydrogen-bond acceptors (Lipinski definition) is 3. The monoisotopic (exact) mass is 247 g/mol. The minimum absolute atomic E-state index is 0.0626. The van der Waals surface area contributed by atoms with E-state index in [-0.39, 0.29) is 17.4 Å². The first-order chi connectivity index (χ1) is 8.49. The van der Waals surface area contributed by atoms with Crippen molar-refractivity contribution in [3.63, 3.8) is 0 Å². The molecule has 0 bridgehead atoms. The smallest absolute Gasteiger partial charge is 0.227 e. The lowest BCUT2D eigenvalue weighted by Gasteiger charge is -2.42. The van der Waals surface area contributed by atoms with E-state index >= 15 is 0 Å². The number of carbonyl (C=O) groups is 1. The number of hydrogen-bond donors (Lipinski definition) is 1. The van der Waals surface area contributed by atoms with Crippen LogP contribution in [-0.2, 0) is 11.2 Å². The van der Waals surface area contributed by atoms with Crippen LogP contribution in [0.4, 0.5) is 0 Å². The van der Waals surface area contributed by atoms with Crippen LogP contribution in [0.3, 0.4) is 0 Å². The van der Waals surface area contributed by atoms with E-state index < -0.39 is 0 Å². The zero-order valence-electron chi connectivity index (χ0n) is 11.1. The molecule has 1 atom stereocenters. The van der Waals surface area contributed by atoms with Crippen LogP contribution in [0.15, 0.2) is 24.5 Å². The lowest BCUT2D eigenvalue weighted by molar-refractivity contribution is -0.133. The molecule has 2 heterocycles. The van der Waals surface area contributed by atoms with Gasteiger partial charge in [-0.15, -0.1) is 0 Å². The number of aromatic nitrogens is 1. The third kappa shape index (κ3) is 2.88. The van der Waals surface area contributed by atoms with Crippen molar-refractivity contribution >= 4 is 5.91 Å². The SMILES string of the molecule is CC1(C)CCN(C(=O)Cc2ccncc2)CC1N. The lowest BCUT2D eigenvalue weighted by atomic mass is 9.78. The molecule has 0 aliphatic carbocycles. The predicted molar refractivity (Wildman–Crippen MR) is 70.9 cm³/mol. The summed E-state index contributed by atoms with van der Waals surface area (Å²) >= 11 is 0. The molecule has 2 N–H and O–H groups in total. The summed E-state index contributed by atoms with van der Waals surface area (Å²) in [5.41, 5.74) is 7.27. The third-order valence-electron chi connectivity index (χ3n) is 3.90. The molecule has 0 aromatic carbocycles. The van der Waals surface area contributed by atoms with E-state index in [0.717, 1.165) is 18.5 Å². The zero-order chi connectivity index (χ0) is 13.2. The molecule has 1 aromatic rings. The van der Waals surface area contributed by atoms with Gasteiger partial charge in [0.15, 0.2) is 0 Å². The highest BCUT2D eigenvalue weighted by Gasteiger charge is 2.34. The number of nitrogens with zero attached hydrogens (tertiary/aromatic N) is 2. The van der Waals surface area contributed by atoms with Gasteiger partial charge in [0, 0.05) is 31.5 Å². The van der Waals surface area contributed by atoms with Crippen molar-refractivity contribution in [1.29, 1.82) is 0 Å².